The van der Waals surface area contributed by atoms with Gasteiger partial charge in [-0.05, 0) is 18.4 Å². The molecular weight excluding hydrogens is 212 g/mol. The summed E-state index contributed by atoms with van der Waals surface area (Å²) in [6.07, 6.45) is 2.15. The van der Waals surface area contributed by atoms with Gasteiger partial charge >= 0.3 is 0 Å². The molecule has 0 aromatic heterocycles. The van der Waals surface area contributed by atoms with E-state index in [-0.39, 0.29) is 11.8 Å². The molecule has 2 rings (SSSR count). The second-order valence-corrected chi connectivity index (χ2v) is 4.47. The molecule has 0 N–H and O–H groups in total. The number of hydrogen-bond donors (Lipinski definition) is 0. The zero-order valence-corrected chi connectivity index (χ0v) is 9.80. The summed E-state index contributed by atoms with van der Waals surface area (Å²) in [5, 5.41) is 8.89. The largest absolute Gasteiger partial charge is 0.338 e. The van der Waals surface area contributed by atoms with Crippen molar-refractivity contribution >= 4 is 5.91 Å². The van der Waals surface area contributed by atoms with Gasteiger partial charge in [0.05, 0.1) is 12.0 Å². The Morgan fingerprint density at radius 2 is 2.12 bits per heavy atom. The van der Waals surface area contributed by atoms with Crippen molar-refractivity contribution in [3.05, 3.63) is 35.9 Å². The predicted octanol–water partition coefficient (Wildman–Crippen LogP) is 2.34. The molecule has 0 radical (unpaired) electrons. The third kappa shape index (κ3) is 3.07. The first-order valence-corrected chi connectivity index (χ1v) is 6.01. The Kier molecular flexibility index (Phi) is 3.77. The molecule has 0 saturated carbocycles. The van der Waals surface area contributed by atoms with E-state index in [0.717, 1.165) is 24.9 Å². The number of nitrogens with zero attached hydrogens (tertiary/aromatic N) is 2. The molecular formula is C14H16N2O. The third-order valence-electron chi connectivity index (χ3n) is 3.15. The third-order valence-corrected chi connectivity index (χ3v) is 3.15. The maximum Gasteiger partial charge on any atom is 0.224 e. The zero-order valence-electron chi connectivity index (χ0n) is 9.80. The van der Waals surface area contributed by atoms with Gasteiger partial charge in [0.2, 0.25) is 5.91 Å². The van der Waals surface area contributed by atoms with E-state index < -0.39 is 0 Å². The standard InChI is InChI=1S/C14H16N2O/c15-10-13-7-4-8-16(14(17)9-13)11-12-5-2-1-3-6-12/h1-3,5-6,13H,4,7-9,11H2/t13-/m1/s1. The van der Waals surface area contributed by atoms with E-state index in [0.29, 0.717) is 13.0 Å². The van der Waals surface area contributed by atoms with Crippen molar-refractivity contribution in [1.82, 2.24) is 4.90 Å². The molecule has 1 heterocycles. The molecule has 1 atom stereocenters. The summed E-state index contributed by atoms with van der Waals surface area (Å²) >= 11 is 0. The predicted molar refractivity (Wildman–Crippen MR) is 64.8 cm³/mol. The first-order chi connectivity index (χ1) is 8.29. The van der Waals surface area contributed by atoms with E-state index in [9.17, 15) is 4.79 Å². The van der Waals surface area contributed by atoms with Gasteiger partial charge in [0.25, 0.3) is 0 Å². The molecule has 0 aliphatic carbocycles. The van der Waals surface area contributed by atoms with Crippen LogP contribution in [0.25, 0.3) is 0 Å². The SMILES string of the molecule is N#C[C@@H]1CCCN(Cc2ccccc2)C(=O)C1. The van der Waals surface area contributed by atoms with Crippen LogP contribution in [0.1, 0.15) is 24.8 Å². The minimum atomic E-state index is -0.0942. The van der Waals surface area contributed by atoms with Gasteiger partial charge in [-0.1, -0.05) is 30.3 Å². The lowest BCUT2D eigenvalue weighted by atomic mass is 10.0. The molecule has 88 valence electrons. The molecule has 3 nitrogen and oxygen atoms in total. The summed E-state index contributed by atoms with van der Waals surface area (Å²) in [7, 11) is 0. The number of nitriles is 1. The highest BCUT2D eigenvalue weighted by atomic mass is 16.2. The molecule has 1 aliphatic rings. The van der Waals surface area contributed by atoms with Crippen LogP contribution in [0.5, 0.6) is 0 Å². The highest BCUT2D eigenvalue weighted by Crippen LogP contribution is 2.19. The van der Waals surface area contributed by atoms with Crippen LogP contribution in [0.2, 0.25) is 0 Å². The van der Waals surface area contributed by atoms with Gasteiger partial charge in [-0.15, -0.1) is 0 Å². The average molecular weight is 228 g/mol. The number of likely N-dealkylation sites (tertiary alicyclic amines) is 1. The fourth-order valence-corrected chi connectivity index (χ4v) is 2.18. The van der Waals surface area contributed by atoms with Crippen LogP contribution in [0, 0.1) is 17.2 Å². The Bertz CT molecular complexity index is 422. The maximum atomic E-state index is 12.0. The minimum Gasteiger partial charge on any atom is -0.338 e. The maximum absolute atomic E-state index is 12.0. The lowest BCUT2D eigenvalue weighted by Gasteiger charge is -2.20. The number of rotatable bonds is 2. The lowest BCUT2D eigenvalue weighted by molar-refractivity contribution is -0.131. The molecule has 0 unspecified atom stereocenters. The molecule has 1 aromatic rings. The highest BCUT2D eigenvalue weighted by Gasteiger charge is 2.22. The van der Waals surface area contributed by atoms with Crippen LogP contribution >= 0.6 is 0 Å². The normalized spacial score (nSPS) is 20.8. The van der Waals surface area contributed by atoms with Crippen LogP contribution < -0.4 is 0 Å². The smallest absolute Gasteiger partial charge is 0.224 e. The zero-order chi connectivity index (χ0) is 12.1. The molecule has 1 saturated heterocycles. The van der Waals surface area contributed by atoms with E-state index in [1.54, 1.807) is 0 Å². The fraction of sp³-hybridized carbons (Fsp3) is 0.429. The Labute approximate surface area is 102 Å². The van der Waals surface area contributed by atoms with Gasteiger partial charge in [-0.25, -0.2) is 0 Å². The fourth-order valence-electron chi connectivity index (χ4n) is 2.18. The molecule has 1 aromatic carbocycles. The molecule has 17 heavy (non-hydrogen) atoms. The first-order valence-electron chi connectivity index (χ1n) is 6.01. The molecule has 1 aliphatic heterocycles. The van der Waals surface area contributed by atoms with Gasteiger partial charge in [0.15, 0.2) is 0 Å². The van der Waals surface area contributed by atoms with E-state index in [1.165, 1.54) is 0 Å². The van der Waals surface area contributed by atoms with Crippen molar-refractivity contribution in [3.8, 4) is 6.07 Å². The van der Waals surface area contributed by atoms with Gasteiger partial charge in [-0.2, -0.15) is 5.26 Å². The van der Waals surface area contributed by atoms with Crippen molar-refractivity contribution in [2.75, 3.05) is 6.54 Å². The van der Waals surface area contributed by atoms with Crippen molar-refractivity contribution in [2.24, 2.45) is 5.92 Å². The van der Waals surface area contributed by atoms with E-state index in [1.807, 2.05) is 35.2 Å². The van der Waals surface area contributed by atoms with Crippen LogP contribution in [0.3, 0.4) is 0 Å². The minimum absolute atomic E-state index is 0.0942. The molecule has 1 fully saturated rings. The number of carbonyl (C=O) groups excluding carboxylic acids is 1. The van der Waals surface area contributed by atoms with Crippen molar-refractivity contribution in [3.63, 3.8) is 0 Å². The summed E-state index contributed by atoms with van der Waals surface area (Å²) in [6, 6.07) is 12.2. The van der Waals surface area contributed by atoms with Crippen LogP contribution in [0.4, 0.5) is 0 Å². The molecule has 3 heteroatoms. The van der Waals surface area contributed by atoms with Crippen LogP contribution in [-0.2, 0) is 11.3 Å². The van der Waals surface area contributed by atoms with Crippen LogP contribution in [-0.4, -0.2) is 17.4 Å². The number of amides is 1. The number of carbonyl (C=O) groups is 1. The van der Waals surface area contributed by atoms with Gasteiger partial charge < -0.3 is 4.90 Å². The Hall–Kier alpha value is -1.82. The summed E-state index contributed by atoms with van der Waals surface area (Å²) in [5.41, 5.74) is 1.15. The summed E-state index contributed by atoms with van der Waals surface area (Å²) in [5.74, 6) is 0.0150. The molecule has 1 amide bonds. The van der Waals surface area contributed by atoms with Gasteiger partial charge in [-0.3, -0.25) is 4.79 Å². The molecule has 0 bridgehead atoms. The van der Waals surface area contributed by atoms with Crippen molar-refractivity contribution < 1.29 is 4.79 Å². The topological polar surface area (TPSA) is 44.1 Å². The second-order valence-electron chi connectivity index (χ2n) is 4.47. The van der Waals surface area contributed by atoms with Crippen molar-refractivity contribution in [2.45, 2.75) is 25.8 Å². The van der Waals surface area contributed by atoms with E-state index in [4.69, 9.17) is 5.26 Å². The second kappa shape index (κ2) is 5.49. The van der Waals surface area contributed by atoms with Gasteiger partial charge in [0, 0.05) is 19.5 Å². The lowest BCUT2D eigenvalue weighted by Crippen LogP contribution is -2.30. The Balaban J connectivity index is 2.02. The summed E-state index contributed by atoms with van der Waals surface area (Å²) < 4.78 is 0. The number of hydrogen-bond acceptors (Lipinski definition) is 2. The van der Waals surface area contributed by atoms with Gasteiger partial charge in [0.1, 0.15) is 0 Å². The monoisotopic (exact) mass is 228 g/mol. The molecule has 0 spiro atoms. The first kappa shape index (κ1) is 11.7. The average Bonchev–Trinajstić information content (AvgIpc) is 2.53. The van der Waals surface area contributed by atoms with E-state index in [2.05, 4.69) is 6.07 Å². The highest BCUT2D eigenvalue weighted by molar-refractivity contribution is 5.77. The Morgan fingerprint density at radius 1 is 1.35 bits per heavy atom. The number of benzene rings is 1. The van der Waals surface area contributed by atoms with E-state index >= 15 is 0 Å². The summed E-state index contributed by atoms with van der Waals surface area (Å²) in [6.45, 7) is 1.43. The quantitative estimate of drug-likeness (QED) is 0.779. The Morgan fingerprint density at radius 3 is 2.82 bits per heavy atom. The van der Waals surface area contributed by atoms with Crippen molar-refractivity contribution in [1.29, 1.82) is 5.26 Å². The summed E-state index contributed by atoms with van der Waals surface area (Å²) in [4.78, 5) is 13.8. The van der Waals surface area contributed by atoms with Crippen LogP contribution in [0.15, 0.2) is 30.3 Å².